The van der Waals surface area contributed by atoms with Crippen molar-refractivity contribution in [2.45, 2.75) is 25.4 Å². The van der Waals surface area contributed by atoms with Crippen LogP contribution in [0.25, 0.3) is 0 Å². The molecule has 0 saturated carbocycles. The molecular weight excluding hydrogens is 290 g/mol. The molecule has 1 rings (SSSR count). The Hall–Kier alpha value is -2.68. The summed E-state index contributed by atoms with van der Waals surface area (Å²) in [5.74, 6) is -1.17. The second-order valence-electron chi connectivity index (χ2n) is 4.55. The fourth-order valence-electron chi connectivity index (χ4n) is 1.78. The molecule has 9 heteroatoms. The molecular formula is C13H20N5O4+. The van der Waals surface area contributed by atoms with Gasteiger partial charge in [0.25, 0.3) is 5.96 Å². The summed E-state index contributed by atoms with van der Waals surface area (Å²) in [6.45, 7) is 0.698. The van der Waals surface area contributed by atoms with Crippen LogP contribution in [0, 0.1) is 4.91 Å². The lowest BCUT2D eigenvalue weighted by Gasteiger charge is -2.13. The zero-order chi connectivity index (χ0) is 16.4. The van der Waals surface area contributed by atoms with Gasteiger partial charge in [0.1, 0.15) is 10.9 Å². The number of guanidine groups is 1. The summed E-state index contributed by atoms with van der Waals surface area (Å²) in [5, 5.41) is 19.9. The van der Waals surface area contributed by atoms with E-state index in [4.69, 9.17) is 16.0 Å². The molecule has 1 aromatic rings. The summed E-state index contributed by atoms with van der Waals surface area (Å²) in [5.41, 5.74) is 8.12. The maximum Gasteiger partial charge on any atom is 0.362 e. The van der Waals surface area contributed by atoms with Crippen LogP contribution in [0.2, 0.25) is 0 Å². The van der Waals surface area contributed by atoms with Crippen LogP contribution in [-0.4, -0.2) is 39.9 Å². The van der Waals surface area contributed by atoms with E-state index in [1.54, 1.807) is 0 Å². The minimum atomic E-state index is -0.938. The molecule has 0 spiro atoms. The molecule has 1 atom stereocenters. The Kier molecular flexibility index (Phi) is 7.34. The van der Waals surface area contributed by atoms with Crippen LogP contribution in [0.1, 0.15) is 18.4 Å². The quantitative estimate of drug-likeness (QED) is 0.187. The largest absolute Gasteiger partial charge is 0.480 e. The van der Waals surface area contributed by atoms with Crippen molar-refractivity contribution in [3.8, 4) is 0 Å². The molecule has 0 radical (unpaired) electrons. The Morgan fingerprint density at radius 3 is 2.64 bits per heavy atom. The van der Waals surface area contributed by atoms with E-state index < -0.39 is 17.0 Å². The zero-order valence-electron chi connectivity index (χ0n) is 12.0. The lowest BCUT2D eigenvalue weighted by Crippen LogP contribution is -2.38. The van der Waals surface area contributed by atoms with Gasteiger partial charge in [-0.05, 0) is 23.8 Å². The van der Waals surface area contributed by atoms with Crippen LogP contribution in [0.5, 0.6) is 0 Å². The van der Waals surface area contributed by atoms with Crippen molar-refractivity contribution in [3.63, 3.8) is 0 Å². The summed E-state index contributed by atoms with van der Waals surface area (Å²) in [6.07, 6.45) is 0.824. The van der Waals surface area contributed by atoms with Gasteiger partial charge in [-0.3, -0.25) is 4.79 Å². The maximum atomic E-state index is 11.2. The van der Waals surface area contributed by atoms with Crippen LogP contribution < -0.4 is 16.5 Å². The number of hydrogen-bond donors (Lipinski definition) is 5. The Morgan fingerprint density at radius 2 is 2.05 bits per heavy atom. The van der Waals surface area contributed by atoms with Gasteiger partial charge in [-0.1, -0.05) is 30.3 Å². The van der Waals surface area contributed by atoms with Crippen LogP contribution in [0.4, 0.5) is 0 Å². The molecule has 0 fully saturated rings. The van der Waals surface area contributed by atoms with Crippen molar-refractivity contribution in [2.75, 3.05) is 6.54 Å². The summed E-state index contributed by atoms with van der Waals surface area (Å²) >= 11 is 0. The molecule has 0 heterocycles. The molecule has 22 heavy (non-hydrogen) atoms. The Labute approximate surface area is 127 Å². The van der Waals surface area contributed by atoms with Gasteiger partial charge in [-0.15, -0.1) is 0 Å². The van der Waals surface area contributed by atoms with Crippen molar-refractivity contribution < 1.29 is 20.1 Å². The van der Waals surface area contributed by atoms with E-state index in [9.17, 15) is 9.70 Å². The van der Waals surface area contributed by atoms with Gasteiger partial charge >= 0.3 is 11.0 Å². The van der Waals surface area contributed by atoms with Crippen molar-refractivity contribution in [1.29, 1.82) is 0 Å². The molecule has 0 aliphatic heterocycles. The number of aliphatic carboxylic acids is 1. The van der Waals surface area contributed by atoms with E-state index in [1.165, 1.54) is 0 Å². The normalized spacial score (nSPS) is 12.6. The number of carboxylic acids is 1. The number of nitrogens with one attached hydrogen (secondary N) is 2. The highest BCUT2D eigenvalue weighted by atomic mass is 16.7. The summed E-state index contributed by atoms with van der Waals surface area (Å²) < 4.78 is 0. The van der Waals surface area contributed by atoms with Gasteiger partial charge in [-0.25, -0.2) is 10.2 Å². The standard InChI is InChI=1S/C13H19N5O4/c14-13(17-18(21)22)15-8-4-7-11(12(19)20)16-9-10-5-2-1-3-6-10/h1-3,5-6,11,16H,4,7-9H2,(H4-,14,15,17,19,20,21,22)/p+1. The number of hydrogen-bond acceptors (Lipinski definition) is 4. The van der Waals surface area contributed by atoms with Gasteiger partial charge in [0, 0.05) is 13.1 Å². The monoisotopic (exact) mass is 310 g/mol. The van der Waals surface area contributed by atoms with E-state index in [1.807, 2.05) is 35.8 Å². The highest BCUT2D eigenvalue weighted by Gasteiger charge is 2.16. The first-order chi connectivity index (χ1) is 10.5. The van der Waals surface area contributed by atoms with Gasteiger partial charge in [0.05, 0.1) is 0 Å². The Morgan fingerprint density at radius 1 is 1.36 bits per heavy atom. The van der Waals surface area contributed by atoms with Crippen LogP contribution in [0.3, 0.4) is 0 Å². The average molecular weight is 310 g/mol. The number of carboxylic acid groups (broad SMARTS) is 1. The Balaban J connectivity index is 2.35. The minimum absolute atomic E-state index is 0.235. The lowest BCUT2D eigenvalue weighted by atomic mass is 10.1. The van der Waals surface area contributed by atoms with Crippen molar-refractivity contribution in [3.05, 3.63) is 40.8 Å². The fraction of sp³-hybridized carbons (Fsp3) is 0.385. The van der Waals surface area contributed by atoms with Gasteiger partial charge < -0.3 is 16.2 Å². The molecule has 0 amide bonds. The number of nitrogens with two attached hydrogens (primary N) is 1. The molecule has 1 aromatic carbocycles. The number of carbonyl (C=O) groups is 1. The van der Waals surface area contributed by atoms with Gasteiger partial charge in [0.2, 0.25) is 0 Å². The van der Waals surface area contributed by atoms with E-state index in [0.29, 0.717) is 19.4 Å². The molecule has 0 aromatic heterocycles. The molecule has 0 bridgehead atoms. The molecule has 1 unspecified atom stereocenters. The third kappa shape index (κ3) is 7.20. The first-order valence-corrected chi connectivity index (χ1v) is 6.72. The number of aliphatic imine (C=N–C) groups is 1. The minimum Gasteiger partial charge on any atom is -0.480 e. The predicted molar refractivity (Wildman–Crippen MR) is 79.0 cm³/mol. The van der Waals surface area contributed by atoms with Crippen LogP contribution >= 0.6 is 0 Å². The topological polar surface area (TPSA) is 140 Å². The zero-order valence-corrected chi connectivity index (χ0v) is 12.0. The van der Waals surface area contributed by atoms with Crippen molar-refractivity contribution >= 4 is 11.9 Å². The summed E-state index contributed by atoms with van der Waals surface area (Å²) in [6, 6.07) is 8.79. The molecule has 6 N–H and O–H groups in total. The van der Waals surface area contributed by atoms with Gasteiger partial charge in [0.15, 0.2) is 0 Å². The van der Waals surface area contributed by atoms with Gasteiger partial charge in [-0.2, -0.15) is 0 Å². The number of nitrogens with zero attached hydrogens (tertiary/aromatic N) is 2. The van der Waals surface area contributed by atoms with E-state index >= 15 is 0 Å². The van der Waals surface area contributed by atoms with Crippen molar-refractivity contribution in [2.24, 2.45) is 10.7 Å². The van der Waals surface area contributed by atoms with E-state index in [0.717, 1.165) is 5.56 Å². The maximum absolute atomic E-state index is 11.2. The average Bonchev–Trinajstić information content (AvgIpc) is 2.46. The highest BCUT2D eigenvalue weighted by molar-refractivity contribution is 5.76. The second-order valence-corrected chi connectivity index (χ2v) is 4.55. The lowest BCUT2D eigenvalue weighted by molar-refractivity contribution is -0.822. The SMILES string of the molecule is NC(=NCCCC(NCc1ccccc1)C(=O)O)N[N+](=O)O. The molecule has 120 valence electrons. The first kappa shape index (κ1) is 17.4. The molecule has 0 aliphatic rings. The summed E-state index contributed by atoms with van der Waals surface area (Å²) in [7, 11) is 0. The molecule has 0 aliphatic carbocycles. The van der Waals surface area contributed by atoms with Crippen LogP contribution in [-0.2, 0) is 11.3 Å². The highest BCUT2D eigenvalue weighted by Crippen LogP contribution is 2.02. The smallest absolute Gasteiger partial charge is 0.362 e. The van der Waals surface area contributed by atoms with Crippen molar-refractivity contribution in [1.82, 2.24) is 10.7 Å². The number of benzene rings is 1. The third-order valence-electron chi connectivity index (χ3n) is 2.84. The first-order valence-electron chi connectivity index (χ1n) is 6.72. The fourth-order valence-corrected chi connectivity index (χ4v) is 1.78. The number of rotatable bonds is 9. The third-order valence-corrected chi connectivity index (χ3v) is 2.84. The predicted octanol–water partition coefficient (Wildman–Crippen LogP) is -0.00300. The molecule has 0 saturated heterocycles. The Bertz CT molecular complexity index is 520. The van der Waals surface area contributed by atoms with E-state index in [2.05, 4.69) is 10.3 Å². The molecule has 9 nitrogen and oxygen atoms in total. The summed E-state index contributed by atoms with van der Waals surface area (Å²) in [4.78, 5) is 25.2. The second kappa shape index (κ2) is 9.29. The van der Waals surface area contributed by atoms with Crippen LogP contribution in [0.15, 0.2) is 35.3 Å². The number of hydrazine groups is 1. The van der Waals surface area contributed by atoms with E-state index in [-0.39, 0.29) is 12.5 Å².